The quantitative estimate of drug-likeness (QED) is 0.631. The molecule has 78 valence electrons. The molecule has 0 aromatic heterocycles. The van der Waals surface area contributed by atoms with Crippen LogP contribution in [0.3, 0.4) is 0 Å². The summed E-state index contributed by atoms with van der Waals surface area (Å²) in [5.74, 6) is 0.141. The number of ketones is 1. The minimum atomic E-state index is -3.96. The van der Waals surface area contributed by atoms with Gasteiger partial charge in [0.1, 0.15) is 0 Å². The van der Waals surface area contributed by atoms with E-state index in [0.29, 0.717) is 6.42 Å². The first-order valence-corrected chi connectivity index (χ1v) is 4.09. The molecule has 0 aromatic carbocycles. The highest BCUT2D eigenvalue weighted by Crippen LogP contribution is 2.17. The van der Waals surface area contributed by atoms with Crippen molar-refractivity contribution in [2.75, 3.05) is 0 Å². The van der Waals surface area contributed by atoms with Crippen LogP contribution in [-0.4, -0.2) is 12.0 Å². The maximum absolute atomic E-state index is 10.8. The smallest absolute Gasteiger partial charge is 0.295 e. The summed E-state index contributed by atoms with van der Waals surface area (Å²) in [6.45, 7) is 6.39. The monoisotopic (exact) mass is 196 g/mol. The van der Waals surface area contributed by atoms with Gasteiger partial charge in [-0.25, -0.2) is 0 Å². The predicted octanol–water partition coefficient (Wildman–Crippen LogP) is 3.50. The van der Waals surface area contributed by atoms with Crippen LogP contribution in [-0.2, 0) is 4.79 Å². The van der Waals surface area contributed by atoms with Gasteiger partial charge in [0.15, 0.2) is 5.78 Å². The van der Waals surface area contributed by atoms with E-state index < -0.39 is 12.6 Å². The van der Waals surface area contributed by atoms with E-state index in [4.69, 9.17) is 0 Å². The fourth-order valence-electron chi connectivity index (χ4n) is 0.348. The molecule has 13 heavy (non-hydrogen) atoms. The van der Waals surface area contributed by atoms with Crippen molar-refractivity contribution in [3.05, 3.63) is 12.7 Å². The maximum Gasteiger partial charge on any atom is 0.388 e. The molecule has 0 amide bonds. The van der Waals surface area contributed by atoms with E-state index in [2.05, 4.69) is 6.58 Å². The summed E-state index contributed by atoms with van der Waals surface area (Å²) in [5, 5.41) is 0. The van der Waals surface area contributed by atoms with Crippen LogP contribution in [0.25, 0.3) is 0 Å². The van der Waals surface area contributed by atoms with Gasteiger partial charge in [-0.1, -0.05) is 20.4 Å². The molecule has 0 aliphatic rings. The molecule has 0 spiro atoms. The van der Waals surface area contributed by atoms with Gasteiger partial charge in [0, 0.05) is 12.8 Å². The molecule has 0 N–H and O–H groups in total. The first-order chi connectivity index (χ1) is 5.87. The normalized spacial score (nSPS) is 9.92. The molecular weight excluding hydrogens is 181 g/mol. The topological polar surface area (TPSA) is 17.1 Å². The molecular formula is C9H15F3O. The van der Waals surface area contributed by atoms with Gasteiger partial charge in [0.2, 0.25) is 0 Å². The Morgan fingerprint density at radius 3 is 1.85 bits per heavy atom. The number of halogens is 3. The second-order valence-corrected chi connectivity index (χ2v) is 2.39. The molecule has 1 nitrogen and oxygen atoms in total. The Kier molecular flexibility index (Phi) is 8.86. The lowest BCUT2D eigenvalue weighted by molar-refractivity contribution is -0.130. The zero-order chi connectivity index (χ0) is 10.9. The molecule has 0 atom stereocenters. The lowest BCUT2D eigenvalue weighted by Crippen LogP contribution is -2.02. The first-order valence-electron chi connectivity index (χ1n) is 4.09. The number of hydrogen-bond donors (Lipinski definition) is 0. The fourth-order valence-corrected chi connectivity index (χ4v) is 0.348. The lowest BCUT2D eigenvalue weighted by atomic mass is 10.2. The molecule has 0 bridgehead atoms. The van der Waals surface area contributed by atoms with Crippen molar-refractivity contribution >= 4 is 5.78 Å². The van der Waals surface area contributed by atoms with Crippen LogP contribution < -0.4 is 0 Å². The minimum Gasteiger partial charge on any atom is -0.295 e. The Hall–Kier alpha value is -0.800. The van der Waals surface area contributed by atoms with Gasteiger partial charge in [-0.05, 0) is 12.5 Å². The molecule has 0 heterocycles. The summed E-state index contributed by atoms with van der Waals surface area (Å²) in [5.41, 5.74) is 0. The van der Waals surface area contributed by atoms with Crippen LogP contribution in [0.2, 0.25) is 0 Å². The average Bonchev–Trinajstić information content (AvgIpc) is 2.05. The Balaban J connectivity index is 0. The van der Waals surface area contributed by atoms with E-state index in [-0.39, 0.29) is 5.78 Å². The molecule has 0 fully saturated rings. The van der Waals surface area contributed by atoms with Gasteiger partial charge in [-0.3, -0.25) is 4.79 Å². The Morgan fingerprint density at radius 1 is 1.38 bits per heavy atom. The second-order valence-electron chi connectivity index (χ2n) is 2.39. The molecule has 0 radical (unpaired) electrons. The summed E-state index contributed by atoms with van der Waals surface area (Å²) < 4.78 is 32.4. The SMILES string of the molecule is C=CC(=O)CCC.CCC(F)(F)F. The van der Waals surface area contributed by atoms with Crippen molar-refractivity contribution in [2.45, 2.75) is 39.3 Å². The van der Waals surface area contributed by atoms with Crippen molar-refractivity contribution in [2.24, 2.45) is 0 Å². The molecule has 4 heteroatoms. The van der Waals surface area contributed by atoms with E-state index in [0.717, 1.165) is 13.3 Å². The zero-order valence-corrected chi connectivity index (χ0v) is 7.95. The molecule has 0 rings (SSSR count). The van der Waals surface area contributed by atoms with E-state index in [9.17, 15) is 18.0 Å². The highest BCUT2D eigenvalue weighted by atomic mass is 19.4. The van der Waals surface area contributed by atoms with Gasteiger partial charge in [-0.2, -0.15) is 13.2 Å². The van der Waals surface area contributed by atoms with Gasteiger partial charge in [0.25, 0.3) is 0 Å². The van der Waals surface area contributed by atoms with Gasteiger partial charge in [0.05, 0.1) is 0 Å². The lowest BCUT2D eigenvalue weighted by Gasteiger charge is -1.96. The number of alkyl halides is 3. The van der Waals surface area contributed by atoms with Gasteiger partial charge >= 0.3 is 6.18 Å². The third-order valence-electron chi connectivity index (χ3n) is 1.12. The van der Waals surface area contributed by atoms with Crippen LogP contribution in [0, 0.1) is 0 Å². The molecule has 0 aromatic rings. The van der Waals surface area contributed by atoms with Crippen LogP contribution in [0.4, 0.5) is 13.2 Å². The van der Waals surface area contributed by atoms with Crippen LogP contribution in [0.1, 0.15) is 33.1 Å². The van der Waals surface area contributed by atoms with Crippen LogP contribution >= 0.6 is 0 Å². The Bertz CT molecular complexity index is 149. The van der Waals surface area contributed by atoms with Crippen molar-refractivity contribution in [1.82, 2.24) is 0 Å². The van der Waals surface area contributed by atoms with E-state index in [1.807, 2.05) is 6.92 Å². The fraction of sp³-hybridized carbons (Fsp3) is 0.667. The molecule has 0 saturated heterocycles. The van der Waals surface area contributed by atoms with E-state index >= 15 is 0 Å². The molecule has 0 unspecified atom stereocenters. The van der Waals surface area contributed by atoms with Crippen molar-refractivity contribution in [3.63, 3.8) is 0 Å². The summed E-state index contributed by atoms with van der Waals surface area (Å²) in [4.78, 5) is 10.3. The Morgan fingerprint density at radius 2 is 1.77 bits per heavy atom. The van der Waals surface area contributed by atoms with E-state index in [1.54, 1.807) is 0 Å². The number of allylic oxidation sites excluding steroid dienone is 1. The summed E-state index contributed by atoms with van der Waals surface area (Å²) >= 11 is 0. The predicted molar refractivity (Wildman–Crippen MR) is 46.5 cm³/mol. The summed E-state index contributed by atoms with van der Waals surface area (Å²) in [6, 6.07) is 0. The number of hydrogen-bond acceptors (Lipinski definition) is 1. The van der Waals surface area contributed by atoms with Gasteiger partial charge in [-0.15, -0.1) is 0 Å². The summed E-state index contributed by atoms with van der Waals surface area (Å²) in [6.07, 6.45) is -1.76. The minimum absolute atomic E-state index is 0.141. The van der Waals surface area contributed by atoms with Crippen molar-refractivity contribution in [1.29, 1.82) is 0 Å². The largest absolute Gasteiger partial charge is 0.388 e. The number of carbonyl (C=O) groups excluding carboxylic acids is 1. The first kappa shape index (κ1) is 14.7. The molecule has 0 aliphatic heterocycles. The highest BCUT2D eigenvalue weighted by Gasteiger charge is 2.22. The molecule has 0 saturated carbocycles. The standard InChI is InChI=1S/C6H10O.C3H5F3/c1-3-5-6(7)4-2;1-2-3(4,5)6/h4H,2-3,5H2,1H3;2H2,1H3. The summed E-state index contributed by atoms with van der Waals surface area (Å²) in [7, 11) is 0. The third-order valence-corrected chi connectivity index (χ3v) is 1.12. The maximum atomic E-state index is 10.8. The Labute approximate surface area is 76.6 Å². The third kappa shape index (κ3) is 18.3. The van der Waals surface area contributed by atoms with Crippen LogP contribution in [0.15, 0.2) is 12.7 Å². The van der Waals surface area contributed by atoms with E-state index in [1.165, 1.54) is 6.08 Å². The number of rotatable bonds is 3. The highest BCUT2D eigenvalue weighted by molar-refractivity contribution is 5.88. The van der Waals surface area contributed by atoms with Crippen LogP contribution in [0.5, 0.6) is 0 Å². The van der Waals surface area contributed by atoms with Crippen molar-refractivity contribution < 1.29 is 18.0 Å². The second kappa shape index (κ2) is 7.83. The number of carbonyl (C=O) groups is 1. The van der Waals surface area contributed by atoms with Gasteiger partial charge < -0.3 is 0 Å². The van der Waals surface area contributed by atoms with Crippen molar-refractivity contribution in [3.8, 4) is 0 Å². The average molecular weight is 196 g/mol. The molecule has 0 aliphatic carbocycles. The zero-order valence-electron chi connectivity index (χ0n) is 7.95.